The van der Waals surface area contributed by atoms with E-state index in [0.29, 0.717) is 12.5 Å². The maximum absolute atomic E-state index is 5.77. The second kappa shape index (κ2) is 8.88. The summed E-state index contributed by atoms with van der Waals surface area (Å²) in [6.45, 7) is 7.98. The normalized spacial score (nSPS) is 11.3. The number of pyridine rings is 1. The van der Waals surface area contributed by atoms with Gasteiger partial charge in [0.05, 0.1) is 6.61 Å². The first kappa shape index (κ1) is 15.9. The molecule has 0 amide bonds. The minimum Gasteiger partial charge on any atom is -0.477 e. The molecule has 0 bridgehead atoms. The van der Waals surface area contributed by atoms with Crippen molar-refractivity contribution in [3.05, 3.63) is 23.9 Å². The Balaban J connectivity index is 2.39. The van der Waals surface area contributed by atoms with Gasteiger partial charge in [-0.15, -0.1) is 0 Å². The van der Waals surface area contributed by atoms with Crippen LogP contribution in [-0.4, -0.2) is 43.7 Å². The summed E-state index contributed by atoms with van der Waals surface area (Å²) in [4.78, 5) is 6.48. The van der Waals surface area contributed by atoms with E-state index >= 15 is 0 Å². The molecule has 1 heterocycles. The second-order valence-corrected chi connectivity index (χ2v) is 5.50. The summed E-state index contributed by atoms with van der Waals surface area (Å²) in [6, 6.07) is 4.03. The van der Waals surface area contributed by atoms with E-state index in [-0.39, 0.29) is 0 Å². The van der Waals surface area contributed by atoms with Crippen molar-refractivity contribution < 1.29 is 4.74 Å². The molecule has 0 unspecified atom stereocenters. The molecular weight excluding hydrogens is 238 g/mol. The fraction of sp³-hybridized carbons (Fsp3) is 0.667. The van der Waals surface area contributed by atoms with E-state index in [9.17, 15) is 0 Å². The van der Waals surface area contributed by atoms with E-state index < -0.39 is 0 Å². The van der Waals surface area contributed by atoms with Gasteiger partial charge in [0.25, 0.3) is 0 Å². The third-order valence-corrected chi connectivity index (χ3v) is 2.71. The first-order valence-electron chi connectivity index (χ1n) is 7.01. The molecule has 1 aromatic heterocycles. The average molecular weight is 265 g/mol. The SMILES string of the molecule is CC(C)CNCc1cccnc1OCCCN(C)C. The lowest BCUT2D eigenvalue weighted by atomic mass is 10.2. The molecule has 4 heteroatoms. The van der Waals surface area contributed by atoms with E-state index in [0.717, 1.165) is 37.5 Å². The maximum Gasteiger partial charge on any atom is 0.217 e. The van der Waals surface area contributed by atoms with Gasteiger partial charge in [-0.3, -0.25) is 0 Å². The van der Waals surface area contributed by atoms with Gasteiger partial charge in [-0.05, 0) is 39.0 Å². The molecule has 0 aliphatic carbocycles. The third kappa shape index (κ3) is 7.13. The highest BCUT2D eigenvalue weighted by Crippen LogP contribution is 2.14. The van der Waals surface area contributed by atoms with Crippen molar-refractivity contribution in [2.24, 2.45) is 5.92 Å². The number of ether oxygens (including phenoxy) is 1. The zero-order chi connectivity index (χ0) is 14.1. The van der Waals surface area contributed by atoms with Crippen LogP contribution in [0.5, 0.6) is 5.88 Å². The Hall–Kier alpha value is -1.13. The minimum atomic E-state index is 0.654. The first-order valence-corrected chi connectivity index (χ1v) is 7.01. The van der Waals surface area contributed by atoms with Crippen molar-refractivity contribution in [1.29, 1.82) is 0 Å². The van der Waals surface area contributed by atoms with Crippen LogP contribution in [0.25, 0.3) is 0 Å². The Bertz CT molecular complexity index is 353. The number of hydrogen-bond acceptors (Lipinski definition) is 4. The van der Waals surface area contributed by atoms with Crippen LogP contribution in [0.3, 0.4) is 0 Å². The average Bonchev–Trinajstić information content (AvgIpc) is 2.35. The molecule has 0 radical (unpaired) electrons. The van der Waals surface area contributed by atoms with Crippen molar-refractivity contribution in [2.75, 3.05) is 33.8 Å². The molecule has 0 spiro atoms. The Labute approximate surface area is 117 Å². The fourth-order valence-corrected chi connectivity index (χ4v) is 1.73. The van der Waals surface area contributed by atoms with Gasteiger partial charge in [0, 0.05) is 24.8 Å². The molecule has 0 saturated carbocycles. The molecule has 0 aromatic carbocycles. The van der Waals surface area contributed by atoms with Gasteiger partial charge < -0.3 is 15.0 Å². The first-order chi connectivity index (χ1) is 9.09. The molecule has 1 rings (SSSR count). The molecule has 1 N–H and O–H groups in total. The third-order valence-electron chi connectivity index (χ3n) is 2.71. The minimum absolute atomic E-state index is 0.654. The molecule has 0 aliphatic rings. The lowest BCUT2D eigenvalue weighted by Gasteiger charge is -2.13. The lowest BCUT2D eigenvalue weighted by Crippen LogP contribution is -2.20. The highest BCUT2D eigenvalue weighted by Gasteiger charge is 2.04. The summed E-state index contributed by atoms with van der Waals surface area (Å²) in [5, 5.41) is 3.42. The number of aromatic nitrogens is 1. The summed E-state index contributed by atoms with van der Waals surface area (Å²) in [5.41, 5.74) is 1.13. The Morgan fingerprint density at radius 2 is 2.16 bits per heavy atom. The van der Waals surface area contributed by atoms with Crippen LogP contribution in [0, 0.1) is 5.92 Å². The van der Waals surface area contributed by atoms with Crippen LogP contribution in [0.4, 0.5) is 0 Å². The topological polar surface area (TPSA) is 37.4 Å². The molecule has 108 valence electrons. The lowest BCUT2D eigenvalue weighted by molar-refractivity contribution is 0.270. The Morgan fingerprint density at radius 3 is 2.84 bits per heavy atom. The van der Waals surface area contributed by atoms with Gasteiger partial charge in [-0.2, -0.15) is 0 Å². The molecule has 0 atom stereocenters. The van der Waals surface area contributed by atoms with Gasteiger partial charge in [-0.1, -0.05) is 19.9 Å². The number of nitrogens with zero attached hydrogens (tertiary/aromatic N) is 2. The van der Waals surface area contributed by atoms with Gasteiger partial charge in [0.15, 0.2) is 0 Å². The van der Waals surface area contributed by atoms with Gasteiger partial charge >= 0.3 is 0 Å². The molecule has 1 aromatic rings. The maximum atomic E-state index is 5.77. The number of rotatable bonds is 9. The predicted octanol–water partition coefficient (Wildman–Crippen LogP) is 2.16. The van der Waals surface area contributed by atoms with Crippen LogP contribution in [0.2, 0.25) is 0 Å². The van der Waals surface area contributed by atoms with E-state index in [1.807, 2.05) is 6.07 Å². The van der Waals surface area contributed by atoms with Crippen molar-refractivity contribution in [2.45, 2.75) is 26.8 Å². The summed E-state index contributed by atoms with van der Waals surface area (Å²) >= 11 is 0. The highest BCUT2D eigenvalue weighted by molar-refractivity contribution is 5.25. The zero-order valence-corrected chi connectivity index (χ0v) is 12.6. The van der Waals surface area contributed by atoms with Crippen molar-refractivity contribution >= 4 is 0 Å². The van der Waals surface area contributed by atoms with Crippen molar-refractivity contribution in [3.8, 4) is 5.88 Å². The summed E-state index contributed by atoms with van der Waals surface area (Å²) in [6.07, 6.45) is 2.80. The summed E-state index contributed by atoms with van der Waals surface area (Å²) in [7, 11) is 4.14. The molecule has 0 aliphatic heterocycles. The molecule has 4 nitrogen and oxygen atoms in total. The van der Waals surface area contributed by atoms with Crippen LogP contribution in [0.1, 0.15) is 25.8 Å². The number of nitrogens with one attached hydrogen (secondary N) is 1. The smallest absolute Gasteiger partial charge is 0.217 e. The van der Waals surface area contributed by atoms with Crippen LogP contribution >= 0.6 is 0 Å². The zero-order valence-electron chi connectivity index (χ0n) is 12.6. The molecule has 0 saturated heterocycles. The van der Waals surface area contributed by atoms with Gasteiger partial charge in [0.2, 0.25) is 5.88 Å². The van der Waals surface area contributed by atoms with E-state index in [1.165, 1.54) is 0 Å². The Morgan fingerprint density at radius 1 is 1.37 bits per heavy atom. The van der Waals surface area contributed by atoms with Gasteiger partial charge in [-0.25, -0.2) is 4.98 Å². The molecular formula is C15H27N3O. The molecule has 19 heavy (non-hydrogen) atoms. The van der Waals surface area contributed by atoms with Crippen LogP contribution < -0.4 is 10.1 Å². The molecule has 0 fully saturated rings. The predicted molar refractivity (Wildman–Crippen MR) is 79.4 cm³/mol. The van der Waals surface area contributed by atoms with Gasteiger partial charge in [0.1, 0.15) is 0 Å². The van der Waals surface area contributed by atoms with Crippen LogP contribution in [-0.2, 0) is 6.54 Å². The van der Waals surface area contributed by atoms with E-state index in [4.69, 9.17) is 4.74 Å². The van der Waals surface area contributed by atoms with E-state index in [2.05, 4.69) is 49.2 Å². The quantitative estimate of drug-likeness (QED) is 0.694. The largest absolute Gasteiger partial charge is 0.477 e. The summed E-state index contributed by atoms with van der Waals surface area (Å²) in [5.74, 6) is 1.42. The van der Waals surface area contributed by atoms with E-state index in [1.54, 1.807) is 6.20 Å². The van der Waals surface area contributed by atoms with Crippen molar-refractivity contribution in [3.63, 3.8) is 0 Å². The number of hydrogen-bond donors (Lipinski definition) is 1. The van der Waals surface area contributed by atoms with Crippen molar-refractivity contribution in [1.82, 2.24) is 15.2 Å². The fourth-order valence-electron chi connectivity index (χ4n) is 1.73. The standard InChI is InChI=1S/C15H27N3O/c1-13(2)11-16-12-14-7-5-8-17-15(14)19-10-6-9-18(3)4/h5,7-8,13,16H,6,9-12H2,1-4H3. The monoisotopic (exact) mass is 265 g/mol. The second-order valence-electron chi connectivity index (χ2n) is 5.50. The Kier molecular flexibility index (Phi) is 7.45. The van der Waals surface area contributed by atoms with Crippen LogP contribution in [0.15, 0.2) is 18.3 Å². The summed E-state index contributed by atoms with van der Waals surface area (Å²) < 4.78 is 5.77. The highest BCUT2D eigenvalue weighted by atomic mass is 16.5.